The fraction of sp³-hybridized carbons (Fsp3) is 0.364. The van der Waals surface area contributed by atoms with Crippen LogP contribution in [0.4, 0.5) is 5.69 Å². The lowest BCUT2D eigenvalue weighted by Gasteiger charge is -2.06. The van der Waals surface area contributed by atoms with E-state index in [9.17, 15) is 9.00 Å². The van der Waals surface area contributed by atoms with Gasteiger partial charge in [-0.05, 0) is 24.6 Å². The molecule has 0 heterocycles. The number of benzene rings is 1. The summed E-state index contributed by atoms with van der Waals surface area (Å²) in [4.78, 5) is 11.8. The second-order valence-electron chi connectivity index (χ2n) is 3.53. The van der Waals surface area contributed by atoms with Crippen molar-refractivity contribution in [3.8, 4) is 0 Å². The van der Waals surface area contributed by atoms with Gasteiger partial charge in [-0.15, -0.1) is 0 Å². The Kier molecular flexibility index (Phi) is 5.44. The zero-order chi connectivity index (χ0) is 12.8. The molecule has 0 aromatic heterocycles. The zero-order valence-electron chi connectivity index (χ0n) is 9.53. The van der Waals surface area contributed by atoms with E-state index in [-0.39, 0.29) is 11.7 Å². The molecule has 0 saturated carbocycles. The Morgan fingerprint density at radius 3 is 2.88 bits per heavy atom. The van der Waals surface area contributed by atoms with Crippen LogP contribution in [0.25, 0.3) is 0 Å². The summed E-state index contributed by atoms with van der Waals surface area (Å²) in [5.74, 6) is -0.341. The lowest BCUT2D eigenvalue weighted by molar-refractivity contribution is -0.118. The van der Waals surface area contributed by atoms with Crippen LogP contribution in [-0.4, -0.2) is 22.4 Å². The quantitative estimate of drug-likeness (QED) is 0.801. The smallest absolute Gasteiger partial charge is 0.233 e. The number of carbonyl (C=O) groups is 1. The van der Waals surface area contributed by atoms with E-state index >= 15 is 0 Å². The molecule has 0 radical (unpaired) electrons. The predicted octanol–water partition coefficient (Wildman–Crippen LogP) is 1.56. The molecule has 1 rings (SSSR count). The van der Waals surface area contributed by atoms with Crippen LogP contribution in [0.15, 0.2) is 23.1 Å². The number of hydrogen-bond acceptors (Lipinski definition) is 3. The van der Waals surface area contributed by atoms with Gasteiger partial charge in [0.2, 0.25) is 5.91 Å². The Hall–Kier alpha value is -1.07. The molecule has 0 fully saturated rings. The van der Waals surface area contributed by atoms with Crippen LogP contribution >= 0.6 is 11.6 Å². The summed E-state index contributed by atoms with van der Waals surface area (Å²) in [5, 5.41) is 3.02. The van der Waals surface area contributed by atoms with Crippen LogP contribution in [0.5, 0.6) is 0 Å². The van der Waals surface area contributed by atoms with Crippen LogP contribution < -0.4 is 11.1 Å². The number of carbonyl (C=O) groups excluding carboxylic acids is 1. The molecule has 17 heavy (non-hydrogen) atoms. The van der Waals surface area contributed by atoms with Crippen molar-refractivity contribution in [2.24, 2.45) is 0 Å². The Morgan fingerprint density at radius 2 is 2.24 bits per heavy atom. The largest absolute Gasteiger partial charge is 0.399 e. The van der Waals surface area contributed by atoms with Crippen LogP contribution in [0.1, 0.15) is 13.3 Å². The van der Waals surface area contributed by atoms with Gasteiger partial charge in [0.1, 0.15) is 5.75 Å². The predicted molar refractivity (Wildman–Crippen MR) is 70.4 cm³/mol. The van der Waals surface area contributed by atoms with Gasteiger partial charge in [0.15, 0.2) is 0 Å². The summed E-state index contributed by atoms with van der Waals surface area (Å²) in [6.07, 6.45) is 0.845. The fourth-order valence-corrected chi connectivity index (χ4v) is 2.63. The third-order valence-corrected chi connectivity index (χ3v) is 3.83. The number of anilines is 1. The van der Waals surface area contributed by atoms with Gasteiger partial charge in [0.25, 0.3) is 0 Å². The lowest BCUT2D eigenvalue weighted by Crippen LogP contribution is -2.28. The molecule has 3 N–H and O–H groups in total. The molecule has 1 atom stereocenters. The molecule has 1 amide bonds. The second kappa shape index (κ2) is 6.61. The first-order chi connectivity index (χ1) is 8.04. The summed E-state index contributed by atoms with van der Waals surface area (Å²) in [7, 11) is -1.46. The van der Waals surface area contributed by atoms with Crippen LogP contribution in [-0.2, 0) is 15.6 Å². The molecule has 6 heteroatoms. The number of rotatable bonds is 5. The molecule has 0 aliphatic rings. The molecule has 94 valence electrons. The molecular formula is C11H15ClN2O2S. The number of nitrogen functional groups attached to an aromatic ring is 1. The van der Waals surface area contributed by atoms with E-state index in [4.69, 9.17) is 17.3 Å². The summed E-state index contributed by atoms with van der Waals surface area (Å²) >= 11 is 5.90. The van der Waals surface area contributed by atoms with E-state index in [0.29, 0.717) is 22.2 Å². The fourth-order valence-electron chi connectivity index (χ4n) is 1.21. The monoisotopic (exact) mass is 274 g/mol. The molecule has 0 aliphatic carbocycles. The average molecular weight is 275 g/mol. The Bertz CT molecular complexity index is 437. The minimum absolute atomic E-state index is 0.0941. The van der Waals surface area contributed by atoms with Gasteiger partial charge in [-0.1, -0.05) is 18.5 Å². The van der Waals surface area contributed by atoms with Crippen LogP contribution in [0, 0.1) is 0 Å². The third-order valence-electron chi connectivity index (χ3n) is 2.03. The number of hydrogen-bond donors (Lipinski definition) is 2. The van der Waals surface area contributed by atoms with Crippen LogP contribution in [0.2, 0.25) is 5.02 Å². The van der Waals surface area contributed by atoms with Crippen molar-refractivity contribution in [2.45, 2.75) is 18.2 Å². The van der Waals surface area contributed by atoms with Crippen LogP contribution in [0.3, 0.4) is 0 Å². The molecular weight excluding hydrogens is 260 g/mol. The first kappa shape index (κ1) is 14.0. The molecule has 0 spiro atoms. The zero-order valence-corrected chi connectivity index (χ0v) is 11.1. The Labute approximate surface area is 108 Å². The summed E-state index contributed by atoms with van der Waals surface area (Å²) < 4.78 is 11.9. The van der Waals surface area contributed by atoms with Gasteiger partial charge in [-0.25, -0.2) is 0 Å². The van der Waals surface area contributed by atoms with Gasteiger partial charge >= 0.3 is 0 Å². The van der Waals surface area contributed by atoms with Crippen molar-refractivity contribution >= 4 is 34.0 Å². The van der Waals surface area contributed by atoms with Crippen molar-refractivity contribution in [2.75, 3.05) is 18.0 Å². The molecule has 1 unspecified atom stereocenters. The molecule has 0 bridgehead atoms. The van der Waals surface area contributed by atoms with Crippen molar-refractivity contribution in [1.82, 2.24) is 5.32 Å². The minimum Gasteiger partial charge on any atom is -0.399 e. The Balaban J connectivity index is 2.69. The normalized spacial score (nSPS) is 12.1. The molecule has 1 aromatic rings. The van der Waals surface area contributed by atoms with E-state index < -0.39 is 10.8 Å². The van der Waals surface area contributed by atoms with E-state index in [1.165, 1.54) is 6.07 Å². The maximum Gasteiger partial charge on any atom is 0.233 e. The van der Waals surface area contributed by atoms with E-state index in [1.807, 2.05) is 6.92 Å². The highest BCUT2D eigenvalue weighted by atomic mass is 35.5. The molecule has 4 nitrogen and oxygen atoms in total. The average Bonchev–Trinajstić information content (AvgIpc) is 2.29. The SMILES string of the molecule is CCCNC(=O)CS(=O)c1cc(N)ccc1Cl. The lowest BCUT2D eigenvalue weighted by atomic mass is 10.3. The van der Waals surface area contributed by atoms with Gasteiger partial charge in [0, 0.05) is 12.2 Å². The number of halogens is 1. The highest BCUT2D eigenvalue weighted by molar-refractivity contribution is 7.85. The number of nitrogens with two attached hydrogens (primary N) is 1. The van der Waals surface area contributed by atoms with Crippen molar-refractivity contribution in [3.63, 3.8) is 0 Å². The third kappa shape index (κ3) is 4.36. The number of nitrogens with one attached hydrogen (secondary N) is 1. The first-order valence-corrected chi connectivity index (χ1v) is 6.94. The minimum atomic E-state index is -1.46. The summed E-state index contributed by atoms with van der Waals surface area (Å²) in [5.41, 5.74) is 6.06. The highest BCUT2D eigenvalue weighted by Gasteiger charge is 2.13. The standard InChI is InChI=1S/C11H15ClN2O2S/c1-2-5-14-11(15)7-17(16)10-6-8(13)3-4-9(10)12/h3-4,6H,2,5,7,13H2,1H3,(H,14,15). The maximum absolute atomic E-state index is 11.9. The molecule has 1 aromatic carbocycles. The van der Waals surface area contributed by atoms with Gasteiger partial charge in [-0.2, -0.15) is 0 Å². The summed E-state index contributed by atoms with van der Waals surface area (Å²) in [6, 6.07) is 4.74. The molecule has 0 aliphatic heterocycles. The first-order valence-electron chi connectivity index (χ1n) is 5.24. The molecule has 0 saturated heterocycles. The topological polar surface area (TPSA) is 72.2 Å². The second-order valence-corrected chi connectivity index (χ2v) is 5.36. The van der Waals surface area contributed by atoms with Gasteiger partial charge < -0.3 is 11.1 Å². The van der Waals surface area contributed by atoms with Gasteiger partial charge in [-0.3, -0.25) is 9.00 Å². The van der Waals surface area contributed by atoms with E-state index in [0.717, 1.165) is 6.42 Å². The summed E-state index contributed by atoms with van der Waals surface area (Å²) in [6.45, 7) is 2.53. The van der Waals surface area contributed by atoms with Crippen molar-refractivity contribution in [3.05, 3.63) is 23.2 Å². The Morgan fingerprint density at radius 1 is 1.53 bits per heavy atom. The number of amides is 1. The van der Waals surface area contributed by atoms with E-state index in [1.54, 1.807) is 12.1 Å². The van der Waals surface area contributed by atoms with E-state index in [2.05, 4.69) is 5.32 Å². The van der Waals surface area contributed by atoms with Crippen molar-refractivity contribution < 1.29 is 9.00 Å². The highest BCUT2D eigenvalue weighted by Crippen LogP contribution is 2.22. The van der Waals surface area contributed by atoms with Crippen molar-refractivity contribution in [1.29, 1.82) is 0 Å². The van der Waals surface area contributed by atoms with Gasteiger partial charge in [0.05, 0.1) is 20.7 Å². The maximum atomic E-state index is 11.9.